The molecule has 25 heavy (non-hydrogen) atoms. The summed E-state index contributed by atoms with van der Waals surface area (Å²) in [6.45, 7) is 0. The lowest BCUT2D eigenvalue weighted by atomic mass is 10.0. The number of alkyl halides is 3. The Morgan fingerprint density at radius 1 is 1.12 bits per heavy atom. The predicted molar refractivity (Wildman–Crippen MR) is 88.9 cm³/mol. The smallest absolute Gasteiger partial charge is 0.362 e. The van der Waals surface area contributed by atoms with E-state index >= 15 is 0 Å². The Morgan fingerprint density at radius 3 is 2.28 bits per heavy atom. The average Bonchev–Trinajstić information content (AvgIpc) is 2.94. The van der Waals surface area contributed by atoms with Crippen LogP contribution in [0.4, 0.5) is 13.2 Å². The molecular weight excluding hydrogens is 401 g/mol. The second-order valence-corrected chi connectivity index (χ2v) is 6.44. The molecule has 4 nitrogen and oxygen atoms in total. The Kier molecular flexibility index (Phi) is 4.42. The third kappa shape index (κ3) is 3.19. The van der Waals surface area contributed by atoms with Crippen molar-refractivity contribution in [1.82, 2.24) is 5.01 Å². The normalized spacial score (nSPS) is 20.5. The van der Waals surface area contributed by atoms with E-state index in [0.717, 1.165) is 4.47 Å². The van der Waals surface area contributed by atoms with Gasteiger partial charge in [0.2, 0.25) is 0 Å². The Hall–Kier alpha value is -2.19. The number of hydrogen-bond donors (Lipinski definition) is 1. The highest BCUT2D eigenvalue weighted by molar-refractivity contribution is 9.10. The topological polar surface area (TPSA) is 52.9 Å². The number of carbonyl (C=O) groups is 1. The first-order chi connectivity index (χ1) is 11.7. The molecule has 1 heterocycles. The van der Waals surface area contributed by atoms with E-state index in [1.807, 2.05) is 0 Å². The van der Waals surface area contributed by atoms with Crippen molar-refractivity contribution < 1.29 is 23.1 Å². The SMILES string of the molecule is O=C(c1ccccc1)N1N=C(c2ccc(Br)cc2)C[C@]1(O)C(F)(F)F. The van der Waals surface area contributed by atoms with Gasteiger partial charge in [-0.2, -0.15) is 23.3 Å². The van der Waals surface area contributed by atoms with Crippen molar-refractivity contribution in [3.63, 3.8) is 0 Å². The Bertz CT molecular complexity index is 822. The van der Waals surface area contributed by atoms with Crippen LogP contribution in [-0.2, 0) is 0 Å². The summed E-state index contributed by atoms with van der Waals surface area (Å²) in [6, 6.07) is 13.8. The molecule has 1 N–H and O–H groups in total. The molecule has 0 fully saturated rings. The number of nitrogens with zero attached hydrogens (tertiary/aromatic N) is 2. The molecule has 0 saturated carbocycles. The van der Waals surface area contributed by atoms with Gasteiger partial charge in [-0.1, -0.05) is 46.3 Å². The number of aliphatic hydroxyl groups is 1. The van der Waals surface area contributed by atoms with Crippen LogP contribution in [0.2, 0.25) is 0 Å². The van der Waals surface area contributed by atoms with Crippen LogP contribution in [0.3, 0.4) is 0 Å². The lowest BCUT2D eigenvalue weighted by Crippen LogP contribution is -2.56. The molecule has 1 atom stereocenters. The first-order valence-electron chi connectivity index (χ1n) is 7.24. The summed E-state index contributed by atoms with van der Waals surface area (Å²) in [5.74, 6) is -1.02. The molecule has 0 bridgehead atoms. The van der Waals surface area contributed by atoms with Crippen LogP contribution in [0, 0.1) is 0 Å². The van der Waals surface area contributed by atoms with E-state index in [9.17, 15) is 23.1 Å². The van der Waals surface area contributed by atoms with Crippen LogP contribution in [0.1, 0.15) is 22.3 Å². The molecule has 0 aromatic heterocycles. The van der Waals surface area contributed by atoms with Gasteiger partial charge in [-0.3, -0.25) is 4.79 Å². The van der Waals surface area contributed by atoms with Crippen molar-refractivity contribution in [3.8, 4) is 0 Å². The lowest BCUT2D eigenvalue weighted by Gasteiger charge is -2.32. The molecule has 130 valence electrons. The van der Waals surface area contributed by atoms with E-state index in [1.54, 1.807) is 30.3 Å². The third-order valence-corrected chi connectivity index (χ3v) is 4.36. The minimum Gasteiger partial charge on any atom is -0.362 e. The average molecular weight is 413 g/mol. The zero-order chi connectivity index (χ0) is 18.2. The molecule has 8 heteroatoms. The van der Waals surface area contributed by atoms with Crippen LogP contribution < -0.4 is 0 Å². The van der Waals surface area contributed by atoms with Gasteiger partial charge in [0.1, 0.15) is 0 Å². The van der Waals surface area contributed by atoms with Gasteiger partial charge in [-0.15, -0.1) is 0 Å². The lowest BCUT2D eigenvalue weighted by molar-refractivity contribution is -0.297. The second kappa shape index (κ2) is 6.27. The molecule has 2 aromatic carbocycles. The summed E-state index contributed by atoms with van der Waals surface area (Å²) in [5, 5.41) is 14.2. The predicted octanol–water partition coefficient (Wildman–Crippen LogP) is 3.95. The van der Waals surface area contributed by atoms with Gasteiger partial charge in [0, 0.05) is 10.0 Å². The number of amides is 1. The maximum Gasteiger partial charge on any atom is 0.438 e. The van der Waals surface area contributed by atoms with Gasteiger partial charge in [0.25, 0.3) is 11.6 Å². The van der Waals surface area contributed by atoms with E-state index in [0.29, 0.717) is 5.56 Å². The summed E-state index contributed by atoms with van der Waals surface area (Å²) < 4.78 is 41.2. The summed E-state index contributed by atoms with van der Waals surface area (Å²) in [7, 11) is 0. The Balaban J connectivity index is 2.04. The molecule has 3 rings (SSSR count). The number of halogens is 4. The zero-order valence-corrected chi connectivity index (χ0v) is 14.3. The van der Waals surface area contributed by atoms with Crippen molar-refractivity contribution in [1.29, 1.82) is 0 Å². The molecule has 1 aliphatic rings. The van der Waals surface area contributed by atoms with Crippen LogP contribution in [0.5, 0.6) is 0 Å². The molecular formula is C17H12BrF3N2O2. The van der Waals surface area contributed by atoms with Crippen molar-refractivity contribution in [2.24, 2.45) is 5.10 Å². The standard InChI is InChI=1S/C17H12BrF3N2O2/c18-13-8-6-11(7-9-13)14-10-16(25,17(19,20)21)23(22-14)15(24)12-4-2-1-3-5-12/h1-9,25H,10H2/t16-/m0/s1. The van der Waals surface area contributed by atoms with Gasteiger partial charge in [0.15, 0.2) is 0 Å². The summed E-state index contributed by atoms with van der Waals surface area (Å²) in [4.78, 5) is 12.5. The fourth-order valence-corrected chi connectivity index (χ4v) is 2.75. The van der Waals surface area contributed by atoms with Crippen molar-refractivity contribution in [2.75, 3.05) is 0 Å². The molecule has 0 unspecified atom stereocenters. The van der Waals surface area contributed by atoms with Crippen molar-refractivity contribution in [3.05, 3.63) is 70.2 Å². The van der Waals surface area contributed by atoms with E-state index < -0.39 is 24.2 Å². The van der Waals surface area contributed by atoms with E-state index in [2.05, 4.69) is 21.0 Å². The quantitative estimate of drug-likeness (QED) is 0.811. The maximum atomic E-state index is 13.5. The zero-order valence-electron chi connectivity index (χ0n) is 12.7. The number of hydrazone groups is 1. The number of carbonyl (C=O) groups excluding carboxylic acids is 1. The molecule has 0 saturated heterocycles. The van der Waals surface area contributed by atoms with Crippen LogP contribution in [-0.4, -0.2) is 33.6 Å². The minimum atomic E-state index is -5.06. The van der Waals surface area contributed by atoms with Crippen molar-refractivity contribution >= 4 is 27.5 Å². The molecule has 2 aromatic rings. The highest BCUT2D eigenvalue weighted by atomic mass is 79.9. The first kappa shape index (κ1) is 17.6. The van der Waals surface area contributed by atoms with Crippen LogP contribution in [0.25, 0.3) is 0 Å². The molecule has 1 amide bonds. The van der Waals surface area contributed by atoms with Crippen molar-refractivity contribution in [2.45, 2.75) is 18.3 Å². The molecule has 1 aliphatic heterocycles. The summed E-state index contributed by atoms with van der Waals surface area (Å²) >= 11 is 3.24. The van der Waals surface area contributed by atoms with E-state index in [-0.39, 0.29) is 16.3 Å². The Labute approximate surface area is 149 Å². The monoisotopic (exact) mass is 412 g/mol. The molecule has 0 spiro atoms. The fraction of sp³-hybridized carbons (Fsp3) is 0.176. The van der Waals surface area contributed by atoms with Gasteiger partial charge >= 0.3 is 6.18 Å². The highest BCUT2D eigenvalue weighted by Crippen LogP contribution is 2.42. The van der Waals surface area contributed by atoms with E-state index in [1.165, 1.54) is 24.3 Å². The summed E-state index contributed by atoms with van der Waals surface area (Å²) in [6.07, 6.45) is -5.89. The van der Waals surface area contributed by atoms with Gasteiger partial charge in [-0.05, 0) is 29.8 Å². The highest BCUT2D eigenvalue weighted by Gasteiger charge is 2.63. The third-order valence-electron chi connectivity index (χ3n) is 3.83. The number of hydrogen-bond acceptors (Lipinski definition) is 3. The second-order valence-electron chi connectivity index (χ2n) is 5.53. The van der Waals surface area contributed by atoms with E-state index in [4.69, 9.17) is 0 Å². The van der Waals surface area contributed by atoms with Gasteiger partial charge in [-0.25, -0.2) is 0 Å². The van der Waals surface area contributed by atoms with Crippen LogP contribution in [0.15, 0.2) is 64.2 Å². The van der Waals surface area contributed by atoms with Gasteiger partial charge in [0.05, 0.1) is 12.1 Å². The number of rotatable bonds is 2. The maximum absolute atomic E-state index is 13.5. The van der Waals surface area contributed by atoms with Crippen LogP contribution >= 0.6 is 15.9 Å². The fourth-order valence-electron chi connectivity index (χ4n) is 2.49. The van der Waals surface area contributed by atoms with Gasteiger partial charge < -0.3 is 5.11 Å². The first-order valence-corrected chi connectivity index (χ1v) is 8.04. The molecule has 0 radical (unpaired) electrons. The Morgan fingerprint density at radius 2 is 1.72 bits per heavy atom. The summed E-state index contributed by atoms with van der Waals surface area (Å²) in [5.41, 5.74) is -3.00. The number of benzene rings is 2. The molecule has 0 aliphatic carbocycles. The largest absolute Gasteiger partial charge is 0.438 e. The minimum absolute atomic E-state index is 0.00554.